The normalized spacial score (nSPS) is 18.1. The molecule has 1 aromatic carbocycles. The molecule has 0 amide bonds. The van der Waals surface area contributed by atoms with Gasteiger partial charge in [0.25, 0.3) is 5.56 Å². The third kappa shape index (κ3) is 3.86. The highest BCUT2D eigenvalue weighted by molar-refractivity contribution is 7.92. The number of nitrogens with zero attached hydrogens (tertiary/aromatic N) is 1. The zero-order valence-electron chi connectivity index (χ0n) is 19.3. The Balaban J connectivity index is 1.80. The first-order valence-electron chi connectivity index (χ1n) is 11.4. The van der Waals surface area contributed by atoms with Crippen LogP contribution in [0.4, 0.5) is 0 Å². The van der Waals surface area contributed by atoms with E-state index in [4.69, 9.17) is 13.9 Å². The lowest BCUT2D eigenvalue weighted by atomic mass is 9.97. The summed E-state index contributed by atoms with van der Waals surface area (Å²) in [7, 11) is -2.31. The molecule has 0 bridgehead atoms. The molecule has 35 heavy (non-hydrogen) atoms. The van der Waals surface area contributed by atoms with Crippen molar-refractivity contribution in [1.29, 1.82) is 0 Å². The molecule has 3 aromatic rings. The van der Waals surface area contributed by atoms with Gasteiger partial charge in [0.1, 0.15) is 17.1 Å². The minimum atomic E-state index is -3.90. The zero-order valence-corrected chi connectivity index (χ0v) is 20.1. The molecule has 1 unspecified atom stereocenters. The summed E-state index contributed by atoms with van der Waals surface area (Å²) < 4.78 is 45.3. The number of sulfone groups is 1. The average Bonchev–Trinajstić information content (AvgIpc) is 3.51. The number of aromatic nitrogens is 1. The number of carbonyl (C=O) groups is 1. The molecule has 2 aromatic heterocycles. The molecule has 5 rings (SSSR count). The molecule has 1 atom stereocenters. The van der Waals surface area contributed by atoms with Gasteiger partial charge in [0.15, 0.2) is 9.84 Å². The predicted molar refractivity (Wildman–Crippen MR) is 127 cm³/mol. The number of aromatic carboxylic acids is 1. The lowest BCUT2D eigenvalue weighted by Gasteiger charge is -2.29. The molecular formula is C25H25NO8S. The Morgan fingerprint density at radius 2 is 1.97 bits per heavy atom. The molecule has 1 saturated carbocycles. The van der Waals surface area contributed by atoms with Crippen molar-refractivity contribution in [3.05, 3.63) is 58.1 Å². The maximum Gasteiger partial charge on any atom is 0.341 e. The Kier molecular flexibility index (Phi) is 5.80. The first-order chi connectivity index (χ1) is 16.8. The van der Waals surface area contributed by atoms with E-state index in [9.17, 15) is 23.1 Å². The van der Waals surface area contributed by atoms with E-state index in [2.05, 4.69) is 0 Å². The number of pyridine rings is 1. The fourth-order valence-electron chi connectivity index (χ4n) is 4.55. The van der Waals surface area contributed by atoms with E-state index in [0.29, 0.717) is 53.5 Å². The Morgan fingerprint density at radius 1 is 1.20 bits per heavy atom. The first-order valence-corrected chi connectivity index (χ1v) is 12.9. The number of hydrogen-bond acceptors (Lipinski definition) is 7. The summed E-state index contributed by atoms with van der Waals surface area (Å²) in [4.78, 5) is 25.1. The molecule has 0 spiro atoms. The van der Waals surface area contributed by atoms with E-state index in [1.165, 1.54) is 29.9 Å². The molecule has 184 valence electrons. The largest absolute Gasteiger partial charge is 0.493 e. The number of benzene rings is 1. The summed E-state index contributed by atoms with van der Waals surface area (Å²) in [6.45, 7) is 2.31. The van der Waals surface area contributed by atoms with E-state index in [0.717, 1.165) is 12.8 Å². The highest BCUT2D eigenvalue weighted by Gasteiger charge is 2.41. The number of carboxylic acids is 1. The number of hydrogen-bond donors (Lipinski definition) is 1. The van der Waals surface area contributed by atoms with Crippen LogP contribution >= 0.6 is 0 Å². The minimum absolute atomic E-state index is 0.0476. The predicted octanol–water partition coefficient (Wildman–Crippen LogP) is 4.07. The standard InChI is InChI=1S/C25H25NO8S/c1-14-16-11-19(25(28)29)24(27)26(15-6-7-15)23(16)18-12-17(20-5-3-9-33-20)21(34-10-4-8-32-2)13-22(18)35(14,30)31/h3,5,9,11-15H,4,6-8,10H2,1-2H3,(H,28,29). The van der Waals surface area contributed by atoms with Crippen LogP contribution in [0, 0.1) is 0 Å². The number of fused-ring (bicyclic) bond motifs is 3. The van der Waals surface area contributed by atoms with Crippen LogP contribution in [-0.2, 0) is 14.6 Å². The SMILES string of the molecule is COCCCOc1cc2c(cc1-c1ccco1)-c1c(cc(C(=O)O)c(=O)n1C1CC1)C(C)S2(=O)=O. The van der Waals surface area contributed by atoms with Crippen molar-refractivity contribution < 1.29 is 32.2 Å². The van der Waals surface area contributed by atoms with Gasteiger partial charge < -0.3 is 23.6 Å². The van der Waals surface area contributed by atoms with Gasteiger partial charge in [-0.1, -0.05) is 0 Å². The van der Waals surface area contributed by atoms with E-state index >= 15 is 0 Å². The van der Waals surface area contributed by atoms with Gasteiger partial charge in [0, 0.05) is 37.8 Å². The van der Waals surface area contributed by atoms with Gasteiger partial charge in [-0.3, -0.25) is 4.79 Å². The second kappa shape index (κ2) is 8.69. The Labute approximate surface area is 201 Å². The van der Waals surface area contributed by atoms with Crippen LogP contribution in [0.2, 0.25) is 0 Å². The molecule has 1 aliphatic heterocycles. The van der Waals surface area contributed by atoms with Crippen LogP contribution in [0.3, 0.4) is 0 Å². The maximum atomic E-state index is 13.6. The summed E-state index contributed by atoms with van der Waals surface area (Å²) in [5.41, 5.74) is 0.578. The molecule has 3 heterocycles. The van der Waals surface area contributed by atoms with Crippen molar-refractivity contribution in [3.63, 3.8) is 0 Å². The second-order valence-electron chi connectivity index (χ2n) is 8.78. The van der Waals surface area contributed by atoms with Gasteiger partial charge >= 0.3 is 5.97 Å². The maximum absolute atomic E-state index is 13.6. The average molecular weight is 500 g/mol. The number of methoxy groups -OCH3 is 1. The van der Waals surface area contributed by atoms with Crippen molar-refractivity contribution in [2.24, 2.45) is 0 Å². The first kappa shape index (κ1) is 23.4. The van der Waals surface area contributed by atoms with Crippen LogP contribution < -0.4 is 10.3 Å². The van der Waals surface area contributed by atoms with Crippen LogP contribution in [0.25, 0.3) is 22.6 Å². The van der Waals surface area contributed by atoms with Crippen molar-refractivity contribution in [3.8, 4) is 28.3 Å². The van der Waals surface area contributed by atoms with Gasteiger partial charge in [-0.15, -0.1) is 0 Å². The molecule has 1 N–H and O–H groups in total. The summed E-state index contributed by atoms with van der Waals surface area (Å²) in [5.74, 6) is -0.551. The lowest BCUT2D eigenvalue weighted by Crippen LogP contribution is -2.31. The van der Waals surface area contributed by atoms with E-state index in [1.54, 1.807) is 25.3 Å². The van der Waals surface area contributed by atoms with Crippen molar-refractivity contribution >= 4 is 15.8 Å². The van der Waals surface area contributed by atoms with Crippen LogP contribution in [0.15, 0.2) is 50.7 Å². The summed E-state index contributed by atoms with van der Waals surface area (Å²) in [6, 6.07) is 7.66. The van der Waals surface area contributed by atoms with Crippen LogP contribution in [0.1, 0.15) is 53.4 Å². The molecule has 2 aliphatic rings. The number of ether oxygens (including phenoxy) is 2. The highest BCUT2D eigenvalue weighted by atomic mass is 32.2. The van der Waals surface area contributed by atoms with Crippen molar-refractivity contribution in [2.45, 2.75) is 42.4 Å². The van der Waals surface area contributed by atoms with Gasteiger partial charge in [-0.05, 0) is 49.6 Å². The number of furan rings is 1. The van der Waals surface area contributed by atoms with Crippen molar-refractivity contribution in [2.75, 3.05) is 20.3 Å². The molecule has 1 fully saturated rings. The smallest absolute Gasteiger partial charge is 0.341 e. The molecule has 0 saturated heterocycles. The summed E-state index contributed by atoms with van der Waals surface area (Å²) in [5, 5.41) is 8.59. The lowest BCUT2D eigenvalue weighted by molar-refractivity contribution is 0.0694. The van der Waals surface area contributed by atoms with Gasteiger partial charge in [0.05, 0.1) is 34.3 Å². The number of carboxylic acid groups (broad SMARTS) is 1. The zero-order chi connectivity index (χ0) is 24.9. The quantitative estimate of drug-likeness (QED) is 0.460. The monoisotopic (exact) mass is 499 g/mol. The fraction of sp³-hybridized carbons (Fsp3) is 0.360. The number of rotatable bonds is 8. The van der Waals surface area contributed by atoms with Crippen LogP contribution in [0.5, 0.6) is 5.75 Å². The van der Waals surface area contributed by atoms with Gasteiger partial charge in [-0.25, -0.2) is 13.2 Å². The van der Waals surface area contributed by atoms with Crippen molar-refractivity contribution in [1.82, 2.24) is 4.57 Å². The van der Waals surface area contributed by atoms with E-state index in [-0.39, 0.29) is 10.9 Å². The molecule has 0 radical (unpaired) electrons. The van der Waals surface area contributed by atoms with Crippen LogP contribution in [-0.4, -0.2) is 44.4 Å². The Bertz CT molecular complexity index is 1470. The fourth-order valence-corrected chi connectivity index (χ4v) is 6.18. The Hall–Kier alpha value is -3.37. The van der Waals surface area contributed by atoms with E-state index in [1.807, 2.05) is 0 Å². The van der Waals surface area contributed by atoms with Gasteiger partial charge in [-0.2, -0.15) is 0 Å². The Morgan fingerprint density at radius 3 is 2.60 bits per heavy atom. The third-order valence-electron chi connectivity index (χ3n) is 6.49. The van der Waals surface area contributed by atoms with E-state index < -0.39 is 32.2 Å². The summed E-state index contributed by atoms with van der Waals surface area (Å²) in [6.07, 6.45) is 3.56. The second-order valence-corrected chi connectivity index (χ2v) is 11.0. The molecular weight excluding hydrogens is 474 g/mol. The van der Waals surface area contributed by atoms with Gasteiger partial charge in [0.2, 0.25) is 0 Å². The molecule has 9 nitrogen and oxygen atoms in total. The topological polar surface area (TPSA) is 125 Å². The third-order valence-corrected chi connectivity index (χ3v) is 8.63. The minimum Gasteiger partial charge on any atom is -0.493 e. The molecule has 10 heteroatoms. The molecule has 1 aliphatic carbocycles. The summed E-state index contributed by atoms with van der Waals surface area (Å²) >= 11 is 0. The highest BCUT2D eigenvalue weighted by Crippen LogP contribution is 2.50.